The van der Waals surface area contributed by atoms with Gasteiger partial charge in [-0.15, -0.1) is 0 Å². The van der Waals surface area contributed by atoms with Crippen LogP contribution in [-0.2, 0) is 0 Å². The van der Waals surface area contributed by atoms with Gasteiger partial charge in [-0.2, -0.15) is 0 Å². The zero-order valence-electron chi connectivity index (χ0n) is 6.02. The zero-order valence-corrected chi connectivity index (χ0v) is 7.43. The van der Waals surface area contributed by atoms with Crippen molar-refractivity contribution in [1.82, 2.24) is 4.57 Å². The van der Waals surface area contributed by atoms with Crippen LogP contribution in [0.25, 0.3) is 0 Å². The van der Waals surface area contributed by atoms with Crippen LogP contribution in [0.2, 0.25) is 0 Å². The summed E-state index contributed by atoms with van der Waals surface area (Å²) in [5.41, 5.74) is 0. The van der Waals surface area contributed by atoms with Crippen LogP contribution in [0, 0.1) is 0 Å². The predicted molar refractivity (Wildman–Crippen MR) is 38.1 cm³/mol. The molecule has 0 aliphatic carbocycles. The van der Waals surface area contributed by atoms with Crippen LogP contribution in [0.5, 0.6) is 0 Å². The zero-order chi connectivity index (χ0) is 6.20. The molecule has 0 atom stereocenters. The van der Waals surface area contributed by atoms with Crippen molar-refractivity contribution in [3.05, 3.63) is 0 Å². The first-order valence-corrected chi connectivity index (χ1v) is 4.37. The third-order valence-corrected chi connectivity index (χ3v) is 3.59. The van der Waals surface area contributed by atoms with Crippen LogP contribution in [0.15, 0.2) is 0 Å². The molecule has 1 saturated heterocycles. The van der Waals surface area contributed by atoms with E-state index in [-0.39, 0.29) is 9.84 Å². The van der Waals surface area contributed by atoms with Gasteiger partial charge < -0.3 is 4.15 Å². The SMILES string of the molecule is CN1CC[N+](C)(C)[SiH2]1. The summed E-state index contributed by atoms with van der Waals surface area (Å²) in [5.74, 6) is 0. The molecule has 0 aromatic heterocycles. The van der Waals surface area contributed by atoms with Gasteiger partial charge in [0.1, 0.15) is 0 Å². The molecule has 1 aliphatic heterocycles. The minimum Gasteiger partial charge on any atom is -0.380 e. The smallest absolute Gasteiger partial charge is 0.337 e. The fourth-order valence-corrected chi connectivity index (χ4v) is 3.11. The molecule has 1 aliphatic rings. The molecule has 0 unspecified atom stereocenters. The van der Waals surface area contributed by atoms with Gasteiger partial charge in [0.25, 0.3) is 0 Å². The minimum atomic E-state index is 0.0664. The topological polar surface area (TPSA) is 3.24 Å². The van der Waals surface area contributed by atoms with Crippen molar-refractivity contribution < 1.29 is 4.15 Å². The first kappa shape index (κ1) is 6.26. The summed E-state index contributed by atoms with van der Waals surface area (Å²) in [7, 11) is 6.96. The molecule has 2 nitrogen and oxygen atoms in total. The Hall–Kier alpha value is 0.137. The summed E-state index contributed by atoms with van der Waals surface area (Å²) in [6.07, 6.45) is 0. The third-order valence-electron chi connectivity index (χ3n) is 1.71. The molecule has 0 amide bonds. The molecule has 0 radical (unpaired) electrons. The molecule has 1 fully saturated rings. The van der Waals surface area contributed by atoms with Crippen LogP contribution < -0.4 is 0 Å². The van der Waals surface area contributed by atoms with E-state index in [9.17, 15) is 0 Å². The molecule has 0 aromatic rings. The Balaban J connectivity index is 2.44. The van der Waals surface area contributed by atoms with E-state index in [4.69, 9.17) is 0 Å². The molecule has 0 bridgehead atoms. The molecule has 0 N–H and O–H groups in total. The highest BCUT2D eigenvalue weighted by Crippen LogP contribution is 2.03. The van der Waals surface area contributed by atoms with Crippen LogP contribution in [0.1, 0.15) is 0 Å². The van der Waals surface area contributed by atoms with E-state index < -0.39 is 0 Å². The second-order valence-electron chi connectivity index (χ2n) is 3.38. The Kier molecular flexibility index (Phi) is 1.43. The molecule has 0 spiro atoms. The molecule has 1 heterocycles. The fourth-order valence-electron chi connectivity index (χ4n) is 1.24. The van der Waals surface area contributed by atoms with E-state index in [1.807, 2.05) is 0 Å². The Bertz CT molecular complexity index is 92.4. The lowest BCUT2D eigenvalue weighted by molar-refractivity contribution is -0.771. The highest BCUT2D eigenvalue weighted by molar-refractivity contribution is 6.23. The summed E-state index contributed by atoms with van der Waals surface area (Å²) >= 11 is 0. The van der Waals surface area contributed by atoms with Crippen LogP contribution in [-0.4, -0.2) is 52.8 Å². The lowest BCUT2D eigenvalue weighted by Crippen LogP contribution is -2.41. The number of hydrogen-bond acceptors (Lipinski definition) is 1. The maximum Gasteiger partial charge on any atom is 0.337 e. The van der Waals surface area contributed by atoms with Crippen molar-refractivity contribution in [3.63, 3.8) is 0 Å². The Labute approximate surface area is 53.7 Å². The van der Waals surface area contributed by atoms with Crippen molar-refractivity contribution in [2.45, 2.75) is 0 Å². The van der Waals surface area contributed by atoms with Crippen LogP contribution in [0.3, 0.4) is 0 Å². The number of likely N-dealkylation sites (N-methyl/N-ethyl adjacent to an activating group) is 2. The van der Waals surface area contributed by atoms with E-state index in [0.717, 1.165) is 0 Å². The van der Waals surface area contributed by atoms with Gasteiger partial charge in [0, 0.05) is 6.54 Å². The van der Waals surface area contributed by atoms with Gasteiger partial charge in [-0.3, -0.25) is 4.57 Å². The quantitative estimate of drug-likeness (QED) is 0.381. The van der Waals surface area contributed by atoms with Crippen LogP contribution in [0.4, 0.5) is 0 Å². The number of quaternary nitrogens is 1. The fraction of sp³-hybridized carbons (Fsp3) is 1.00. The maximum atomic E-state index is 2.50. The average Bonchev–Trinajstić information content (AvgIpc) is 1.82. The van der Waals surface area contributed by atoms with Crippen molar-refractivity contribution in [2.75, 3.05) is 34.2 Å². The summed E-state index contributed by atoms with van der Waals surface area (Å²) in [6.45, 7) is 2.68. The highest BCUT2D eigenvalue weighted by Gasteiger charge is 2.26. The highest BCUT2D eigenvalue weighted by atomic mass is 28.2. The summed E-state index contributed by atoms with van der Waals surface area (Å²) < 4.78 is 3.80. The number of rotatable bonds is 0. The summed E-state index contributed by atoms with van der Waals surface area (Å²) in [5, 5.41) is 0. The molecular weight excluding hydrogens is 116 g/mol. The largest absolute Gasteiger partial charge is 0.380 e. The lowest BCUT2D eigenvalue weighted by Gasteiger charge is -2.23. The minimum absolute atomic E-state index is 0.0664. The lowest BCUT2D eigenvalue weighted by atomic mass is 10.6. The van der Waals surface area contributed by atoms with Gasteiger partial charge in [0.15, 0.2) is 0 Å². The Morgan fingerprint density at radius 2 is 2.12 bits per heavy atom. The van der Waals surface area contributed by atoms with Crippen molar-refractivity contribution in [2.24, 2.45) is 0 Å². The molecule has 3 heteroatoms. The third kappa shape index (κ3) is 1.31. The van der Waals surface area contributed by atoms with E-state index in [0.29, 0.717) is 0 Å². The van der Waals surface area contributed by atoms with Gasteiger partial charge in [0.2, 0.25) is 0 Å². The van der Waals surface area contributed by atoms with Crippen LogP contribution >= 0.6 is 0 Å². The van der Waals surface area contributed by atoms with Crippen molar-refractivity contribution in [3.8, 4) is 0 Å². The molecule has 0 aromatic carbocycles. The van der Waals surface area contributed by atoms with E-state index in [2.05, 4.69) is 25.7 Å². The van der Waals surface area contributed by atoms with Gasteiger partial charge in [-0.25, -0.2) is 0 Å². The molecular formula is C5H15N2Si+. The van der Waals surface area contributed by atoms with Gasteiger partial charge in [-0.1, -0.05) is 0 Å². The number of nitrogens with zero attached hydrogens (tertiary/aromatic N) is 2. The summed E-state index contributed by atoms with van der Waals surface area (Å²) in [4.78, 5) is 0. The predicted octanol–water partition coefficient (Wildman–Crippen LogP) is -0.993. The van der Waals surface area contributed by atoms with Gasteiger partial charge in [-0.05, 0) is 7.05 Å². The first-order valence-electron chi connectivity index (χ1n) is 3.11. The van der Waals surface area contributed by atoms with Gasteiger partial charge >= 0.3 is 9.84 Å². The monoisotopic (exact) mass is 131 g/mol. The second kappa shape index (κ2) is 1.82. The summed E-state index contributed by atoms with van der Waals surface area (Å²) in [6, 6.07) is 0. The molecule has 48 valence electrons. The van der Waals surface area contributed by atoms with E-state index in [1.165, 1.54) is 17.2 Å². The standard InChI is InChI=1S/C5H15N2Si/c1-6-4-5-7(2,3)8-6/h4-5,8H2,1-3H3/q+1. The first-order chi connectivity index (χ1) is 3.60. The average molecular weight is 131 g/mol. The molecule has 8 heavy (non-hydrogen) atoms. The molecule has 1 rings (SSSR count). The van der Waals surface area contributed by atoms with Gasteiger partial charge in [0.05, 0.1) is 20.6 Å². The Morgan fingerprint density at radius 1 is 1.50 bits per heavy atom. The maximum absolute atomic E-state index is 2.50. The van der Waals surface area contributed by atoms with E-state index >= 15 is 0 Å². The second-order valence-corrected chi connectivity index (χ2v) is 6.46. The van der Waals surface area contributed by atoms with Crippen molar-refractivity contribution >= 4 is 9.84 Å². The van der Waals surface area contributed by atoms with Crippen molar-refractivity contribution in [1.29, 1.82) is 0 Å². The molecule has 0 saturated carbocycles. The Morgan fingerprint density at radius 3 is 2.25 bits per heavy atom. The normalized spacial score (nSPS) is 31.9. The number of hydrogen-bond donors (Lipinski definition) is 0. The van der Waals surface area contributed by atoms with E-state index in [1.54, 1.807) is 0 Å².